The lowest BCUT2D eigenvalue weighted by atomic mass is 9.93. The Morgan fingerprint density at radius 2 is 1.32 bits per heavy atom. The molecule has 132 valence electrons. The van der Waals surface area contributed by atoms with Gasteiger partial charge in [-0.15, -0.1) is 0 Å². The molecular formula is C26H18N2. The Bertz CT molecular complexity index is 1290. The monoisotopic (exact) mass is 358 g/mol. The van der Waals surface area contributed by atoms with Gasteiger partial charge in [-0.1, -0.05) is 84.9 Å². The summed E-state index contributed by atoms with van der Waals surface area (Å²) in [6, 6.07) is 29.7. The minimum absolute atomic E-state index is 0.867. The molecule has 0 saturated carbocycles. The number of nitrogens with zero attached hydrogens (tertiary/aromatic N) is 2. The summed E-state index contributed by atoms with van der Waals surface area (Å²) in [5.74, 6) is 0. The molecule has 5 rings (SSSR count). The van der Waals surface area contributed by atoms with Crippen molar-refractivity contribution in [3.8, 4) is 0 Å². The largest absolute Gasteiger partial charge is 0.261 e. The van der Waals surface area contributed by atoms with Crippen LogP contribution in [0.1, 0.15) is 16.8 Å². The lowest BCUT2D eigenvalue weighted by Crippen LogP contribution is -1.94. The molecule has 0 bridgehead atoms. The molecule has 5 aromatic rings. The quantitative estimate of drug-likeness (QED) is 0.350. The van der Waals surface area contributed by atoms with Crippen molar-refractivity contribution in [2.45, 2.75) is 0 Å². The van der Waals surface area contributed by atoms with Crippen molar-refractivity contribution in [2.24, 2.45) is 0 Å². The molecule has 4 aromatic carbocycles. The molecule has 28 heavy (non-hydrogen) atoms. The van der Waals surface area contributed by atoms with E-state index in [1.165, 1.54) is 27.1 Å². The van der Waals surface area contributed by atoms with Gasteiger partial charge in [0.15, 0.2) is 0 Å². The normalized spacial score (nSPS) is 11.8. The van der Waals surface area contributed by atoms with E-state index in [1.807, 2.05) is 6.20 Å². The molecule has 2 nitrogen and oxygen atoms in total. The molecule has 0 N–H and O–H groups in total. The maximum Gasteiger partial charge on any atom is 0.0891 e. The number of benzene rings is 4. The standard InChI is InChI=1S/C26H18N2/c1-3-12-22-19(7-1)9-5-11-21(22)17-25(26-18-27-15-16-28-26)24-14-6-10-20-8-2-4-13-23(20)24/h1-18H/b25-17-. The Morgan fingerprint density at radius 1 is 0.643 bits per heavy atom. The third-order valence-corrected chi connectivity index (χ3v) is 5.04. The molecule has 0 fully saturated rings. The molecule has 2 heteroatoms. The molecule has 0 radical (unpaired) electrons. The van der Waals surface area contributed by atoms with E-state index in [4.69, 9.17) is 0 Å². The highest BCUT2D eigenvalue weighted by Crippen LogP contribution is 2.32. The average Bonchev–Trinajstić information content (AvgIpc) is 2.78. The van der Waals surface area contributed by atoms with Gasteiger partial charge in [0.25, 0.3) is 0 Å². The number of rotatable bonds is 3. The predicted octanol–water partition coefficient (Wildman–Crippen LogP) is 6.37. The molecule has 0 saturated heterocycles. The second-order valence-electron chi connectivity index (χ2n) is 6.74. The zero-order valence-electron chi connectivity index (χ0n) is 15.3. The predicted molar refractivity (Wildman–Crippen MR) is 117 cm³/mol. The summed E-state index contributed by atoms with van der Waals surface area (Å²) in [5, 5.41) is 4.88. The van der Waals surface area contributed by atoms with E-state index in [1.54, 1.807) is 12.4 Å². The van der Waals surface area contributed by atoms with Gasteiger partial charge in [-0.3, -0.25) is 9.97 Å². The van der Waals surface area contributed by atoms with E-state index in [-0.39, 0.29) is 0 Å². The maximum atomic E-state index is 4.61. The molecule has 0 unspecified atom stereocenters. The van der Waals surface area contributed by atoms with Gasteiger partial charge in [-0.2, -0.15) is 0 Å². The Labute approximate surface area is 163 Å². The highest BCUT2D eigenvalue weighted by molar-refractivity contribution is 6.04. The van der Waals surface area contributed by atoms with Gasteiger partial charge in [0.05, 0.1) is 11.9 Å². The fraction of sp³-hybridized carbons (Fsp3) is 0. The first kappa shape index (κ1) is 16.4. The second kappa shape index (κ2) is 7.09. The van der Waals surface area contributed by atoms with Crippen molar-refractivity contribution in [1.29, 1.82) is 0 Å². The number of aromatic nitrogens is 2. The van der Waals surface area contributed by atoms with E-state index in [2.05, 4.69) is 101 Å². The molecule has 0 aliphatic carbocycles. The summed E-state index contributed by atoms with van der Waals surface area (Å²) < 4.78 is 0. The molecule has 0 atom stereocenters. The van der Waals surface area contributed by atoms with Crippen LogP contribution in [0, 0.1) is 0 Å². The number of fused-ring (bicyclic) bond motifs is 2. The molecule has 0 spiro atoms. The van der Waals surface area contributed by atoms with Crippen LogP contribution in [0.3, 0.4) is 0 Å². The van der Waals surface area contributed by atoms with Gasteiger partial charge in [0.2, 0.25) is 0 Å². The minimum Gasteiger partial charge on any atom is -0.261 e. The van der Waals surface area contributed by atoms with E-state index in [9.17, 15) is 0 Å². The van der Waals surface area contributed by atoms with Gasteiger partial charge >= 0.3 is 0 Å². The van der Waals surface area contributed by atoms with Crippen molar-refractivity contribution < 1.29 is 0 Å². The zero-order chi connectivity index (χ0) is 18.8. The van der Waals surface area contributed by atoms with Crippen LogP contribution >= 0.6 is 0 Å². The highest BCUT2D eigenvalue weighted by Gasteiger charge is 2.11. The van der Waals surface area contributed by atoms with Gasteiger partial charge in [0, 0.05) is 18.0 Å². The third kappa shape index (κ3) is 2.95. The fourth-order valence-corrected chi connectivity index (χ4v) is 3.72. The van der Waals surface area contributed by atoms with Gasteiger partial charge in [-0.05, 0) is 38.7 Å². The van der Waals surface area contributed by atoms with Crippen LogP contribution in [0.25, 0.3) is 33.2 Å². The second-order valence-corrected chi connectivity index (χ2v) is 6.74. The van der Waals surface area contributed by atoms with E-state index in [0.717, 1.165) is 16.8 Å². The maximum absolute atomic E-state index is 4.61. The van der Waals surface area contributed by atoms with Gasteiger partial charge in [0.1, 0.15) is 0 Å². The van der Waals surface area contributed by atoms with Gasteiger partial charge in [-0.25, -0.2) is 0 Å². The SMILES string of the molecule is C(=C(/c1cnccn1)c1cccc2ccccc12)/c1cccc2ccccc12. The molecular weight excluding hydrogens is 340 g/mol. The Balaban J connectivity index is 1.82. The molecule has 1 aromatic heterocycles. The summed E-state index contributed by atoms with van der Waals surface area (Å²) in [5.41, 5.74) is 4.27. The summed E-state index contributed by atoms with van der Waals surface area (Å²) >= 11 is 0. The Hall–Kier alpha value is -3.78. The smallest absolute Gasteiger partial charge is 0.0891 e. The molecule has 0 amide bonds. The summed E-state index contributed by atoms with van der Waals surface area (Å²) in [6.45, 7) is 0. The lowest BCUT2D eigenvalue weighted by molar-refractivity contribution is 1.17. The summed E-state index contributed by atoms with van der Waals surface area (Å²) in [4.78, 5) is 8.92. The van der Waals surface area contributed by atoms with Crippen LogP contribution in [-0.2, 0) is 0 Å². The van der Waals surface area contributed by atoms with E-state index >= 15 is 0 Å². The van der Waals surface area contributed by atoms with Crippen molar-refractivity contribution in [3.05, 3.63) is 120 Å². The van der Waals surface area contributed by atoms with Crippen LogP contribution in [-0.4, -0.2) is 9.97 Å². The molecule has 0 aliphatic rings. The van der Waals surface area contributed by atoms with Crippen LogP contribution < -0.4 is 0 Å². The van der Waals surface area contributed by atoms with Crippen LogP contribution in [0.5, 0.6) is 0 Å². The Kier molecular flexibility index (Phi) is 4.15. The van der Waals surface area contributed by atoms with Crippen molar-refractivity contribution in [1.82, 2.24) is 9.97 Å². The minimum atomic E-state index is 0.867. The number of hydrogen-bond acceptors (Lipinski definition) is 2. The first-order chi connectivity index (χ1) is 13.9. The zero-order valence-corrected chi connectivity index (χ0v) is 15.3. The third-order valence-electron chi connectivity index (χ3n) is 5.04. The van der Waals surface area contributed by atoms with E-state index < -0.39 is 0 Å². The average molecular weight is 358 g/mol. The fourth-order valence-electron chi connectivity index (χ4n) is 3.72. The van der Waals surface area contributed by atoms with E-state index in [0.29, 0.717) is 0 Å². The first-order valence-corrected chi connectivity index (χ1v) is 9.34. The topological polar surface area (TPSA) is 25.8 Å². The highest BCUT2D eigenvalue weighted by atomic mass is 14.8. The van der Waals surface area contributed by atoms with Gasteiger partial charge < -0.3 is 0 Å². The van der Waals surface area contributed by atoms with Crippen molar-refractivity contribution in [2.75, 3.05) is 0 Å². The molecule has 0 aliphatic heterocycles. The summed E-state index contributed by atoms with van der Waals surface area (Å²) in [7, 11) is 0. The van der Waals surface area contributed by atoms with Crippen molar-refractivity contribution in [3.63, 3.8) is 0 Å². The van der Waals surface area contributed by atoms with Crippen LogP contribution in [0.15, 0.2) is 104 Å². The van der Waals surface area contributed by atoms with Crippen LogP contribution in [0.4, 0.5) is 0 Å². The Morgan fingerprint density at radius 3 is 2.11 bits per heavy atom. The van der Waals surface area contributed by atoms with Crippen molar-refractivity contribution >= 4 is 33.2 Å². The first-order valence-electron chi connectivity index (χ1n) is 9.34. The number of hydrogen-bond donors (Lipinski definition) is 0. The van der Waals surface area contributed by atoms with Crippen LogP contribution in [0.2, 0.25) is 0 Å². The summed E-state index contributed by atoms with van der Waals surface area (Å²) in [6.07, 6.45) is 7.52. The lowest BCUT2D eigenvalue weighted by Gasteiger charge is -2.12. The molecule has 1 heterocycles.